The van der Waals surface area contributed by atoms with Crippen molar-refractivity contribution in [3.05, 3.63) is 59.8 Å². The standard InChI is InChI=1S/C19H19F2N5O/c20-15-8-13(9-16(21)10-15)11-22-18(27)14-4-3-6-25(12-14)19-24-23-17-5-1-2-7-26(17)19/h1-2,5,7-10,14H,3-4,6,11-12H2,(H,22,27)/t14-/m0/s1. The van der Waals surface area contributed by atoms with Gasteiger partial charge in [0.1, 0.15) is 11.6 Å². The first kappa shape index (κ1) is 17.4. The SMILES string of the molecule is O=C(NCc1cc(F)cc(F)c1)[C@H]1CCCN(c2nnc3ccccn23)C1. The fourth-order valence-electron chi connectivity index (χ4n) is 3.46. The molecule has 1 N–H and O–H groups in total. The summed E-state index contributed by atoms with van der Waals surface area (Å²) in [6.07, 6.45) is 3.51. The van der Waals surface area contributed by atoms with E-state index in [1.807, 2.05) is 28.8 Å². The summed E-state index contributed by atoms with van der Waals surface area (Å²) in [5.74, 6) is -0.926. The van der Waals surface area contributed by atoms with Gasteiger partial charge in [-0.25, -0.2) is 8.78 Å². The molecule has 1 fully saturated rings. The van der Waals surface area contributed by atoms with Crippen LogP contribution in [0.3, 0.4) is 0 Å². The minimum Gasteiger partial charge on any atom is -0.352 e. The summed E-state index contributed by atoms with van der Waals surface area (Å²) < 4.78 is 28.4. The summed E-state index contributed by atoms with van der Waals surface area (Å²) in [4.78, 5) is 14.6. The van der Waals surface area contributed by atoms with Crippen LogP contribution in [0.4, 0.5) is 14.7 Å². The topological polar surface area (TPSA) is 62.5 Å². The zero-order valence-corrected chi connectivity index (χ0v) is 14.6. The molecule has 1 amide bonds. The van der Waals surface area contributed by atoms with E-state index in [4.69, 9.17) is 0 Å². The molecule has 0 radical (unpaired) electrons. The van der Waals surface area contributed by atoms with E-state index in [-0.39, 0.29) is 18.4 Å². The van der Waals surface area contributed by atoms with Gasteiger partial charge in [-0.15, -0.1) is 10.2 Å². The van der Waals surface area contributed by atoms with Crippen molar-refractivity contribution in [1.82, 2.24) is 19.9 Å². The molecule has 27 heavy (non-hydrogen) atoms. The summed E-state index contributed by atoms with van der Waals surface area (Å²) in [6.45, 7) is 1.42. The number of carbonyl (C=O) groups is 1. The van der Waals surface area contributed by atoms with Gasteiger partial charge in [-0.2, -0.15) is 0 Å². The number of benzene rings is 1. The van der Waals surface area contributed by atoms with Crippen molar-refractivity contribution in [2.24, 2.45) is 5.92 Å². The smallest absolute Gasteiger partial charge is 0.231 e. The zero-order valence-electron chi connectivity index (χ0n) is 14.6. The molecule has 1 aliphatic rings. The number of hydrogen-bond donors (Lipinski definition) is 1. The molecule has 4 rings (SSSR count). The van der Waals surface area contributed by atoms with Gasteiger partial charge in [0.15, 0.2) is 5.65 Å². The predicted octanol–water partition coefficient (Wildman–Crippen LogP) is 2.54. The average Bonchev–Trinajstić information content (AvgIpc) is 3.10. The maximum absolute atomic E-state index is 13.3. The molecule has 1 aromatic carbocycles. The summed E-state index contributed by atoms with van der Waals surface area (Å²) in [6, 6.07) is 8.94. The van der Waals surface area contributed by atoms with Crippen molar-refractivity contribution in [2.75, 3.05) is 18.0 Å². The van der Waals surface area contributed by atoms with Crippen LogP contribution >= 0.6 is 0 Å². The third kappa shape index (κ3) is 3.74. The van der Waals surface area contributed by atoms with E-state index in [0.29, 0.717) is 12.1 Å². The first-order chi connectivity index (χ1) is 13.1. The van der Waals surface area contributed by atoms with E-state index < -0.39 is 11.6 Å². The number of aromatic nitrogens is 3. The third-order valence-corrected chi connectivity index (χ3v) is 4.76. The van der Waals surface area contributed by atoms with Gasteiger partial charge >= 0.3 is 0 Å². The highest BCUT2D eigenvalue weighted by Gasteiger charge is 2.28. The average molecular weight is 371 g/mol. The van der Waals surface area contributed by atoms with Gasteiger partial charge in [0, 0.05) is 31.9 Å². The molecule has 1 saturated heterocycles. The molecule has 140 valence electrons. The number of piperidine rings is 1. The van der Waals surface area contributed by atoms with Crippen LogP contribution in [0.25, 0.3) is 5.65 Å². The Morgan fingerprint density at radius 1 is 1.19 bits per heavy atom. The van der Waals surface area contributed by atoms with E-state index in [1.165, 1.54) is 12.1 Å². The van der Waals surface area contributed by atoms with Crippen molar-refractivity contribution in [3.63, 3.8) is 0 Å². The fourth-order valence-corrected chi connectivity index (χ4v) is 3.46. The Morgan fingerprint density at radius 3 is 2.81 bits per heavy atom. The van der Waals surface area contributed by atoms with Gasteiger partial charge in [0.25, 0.3) is 0 Å². The molecule has 8 heteroatoms. The second kappa shape index (κ2) is 7.30. The van der Waals surface area contributed by atoms with Crippen LogP contribution in [0.1, 0.15) is 18.4 Å². The lowest BCUT2D eigenvalue weighted by molar-refractivity contribution is -0.125. The molecule has 3 heterocycles. The number of carbonyl (C=O) groups excluding carboxylic acids is 1. The molecule has 0 spiro atoms. The minimum absolute atomic E-state index is 0.0951. The fraction of sp³-hybridized carbons (Fsp3) is 0.316. The van der Waals surface area contributed by atoms with Gasteiger partial charge < -0.3 is 10.2 Å². The summed E-state index contributed by atoms with van der Waals surface area (Å²) in [5.41, 5.74) is 1.16. The second-order valence-electron chi connectivity index (χ2n) is 6.71. The Labute approximate surface area is 154 Å². The van der Waals surface area contributed by atoms with Crippen LogP contribution in [0.15, 0.2) is 42.6 Å². The summed E-state index contributed by atoms with van der Waals surface area (Å²) in [5, 5.41) is 11.2. The van der Waals surface area contributed by atoms with Gasteiger partial charge in [-0.05, 0) is 42.7 Å². The molecule has 0 aliphatic carbocycles. The van der Waals surface area contributed by atoms with E-state index in [1.54, 1.807) is 0 Å². The van der Waals surface area contributed by atoms with Crippen molar-refractivity contribution in [2.45, 2.75) is 19.4 Å². The molecule has 0 unspecified atom stereocenters. The lowest BCUT2D eigenvalue weighted by atomic mass is 9.97. The molecule has 6 nitrogen and oxygen atoms in total. The van der Waals surface area contributed by atoms with Crippen molar-refractivity contribution < 1.29 is 13.6 Å². The normalized spacial score (nSPS) is 17.3. The van der Waals surface area contributed by atoms with Crippen LogP contribution in [0, 0.1) is 17.6 Å². The quantitative estimate of drug-likeness (QED) is 0.766. The van der Waals surface area contributed by atoms with Gasteiger partial charge in [0.05, 0.1) is 5.92 Å². The highest BCUT2D eigenvalue weighted by Crippen LogP contribution is 2.22. The molecule has 0 bridgehead atoms. The molecule has 1 aliphatic heterocycles. The molecular weight excluding hydrogens is 352 g/mol. The number of nitrogens with one attached hydrogen (secondary N) is 1. The molecular formula is C19H19F2N5O. The van der Waals surface area contributed by atoms with E-state index >= 15 is 0 Å². The highest BCUT2D eigenvalue weighted by molar-refractivity contribution is 5.79. The van der Waals surface area contributed by atoms with Crippen molar-refractivity contribution in [1.29, 1.82) is 0 Å². The van der Waals surface area contributed by atoms with Crippen LogP contribution in [-0.4, -0.2) is 33.6 Å². The lowest BCUT2D eigenvalue weighted by Crippen LogP contribution is -2.43. The van der Waals surface area contributed by atoms with E-state index in [0.717, 1.165) is 37.0 Å². The Morgan fingerprint density at radius 2 is 2.00 bits per heavy atom. The minimum atomic E-state index is -0.651. The van der Waals surface area contributed by atoms with Crippen molar-refractivity contribution in [3.8, 4) is 0 Å². The summed E-state index contributed by atoms with van der Waals surface area (Å²) >= 11 is 0. The molecule has 2 aromatic heterocycles. The van der Waals surface area contributed by atoms with Gasteiger partial charge in [-0.3, -0.25) is 9.20 Å². The predicted molar refractivity (Wildman–Crippen MR) is 96.1 cm³/mol. The van der Waals surface area contributed by atoms with Crippen molar-refractivity contribution >= 4 is 17.5 Å². The summed E-state index contributed by atoms with van der Waals surface area (Å²) in [7, 11) is 0. The van der Waals surface area contributed by atoms with Crippen LogP contribution in [0.5, 0.6) is 0 Å². The Hall–Kier alpha value is -3.03. The number of nitrogens with zero attached hydrogens (tertiary/aromatic N) is 4. The number of hydrogen-bond acceptors (Lipinski definition) is 4. The number of rotatable bonds is 4. The van der Waals surface area contributed by atoms with Crippen LogP contribution in [-0.2, 0) is 11.3 Å². The largest absolute Gasteiger partial charge is 0.352 e. The first-order valence-corrected chi connectivity index (χ1v) is 8.87. The Balaban J connectivity index is 1.42. The Bertz CT molecular complexity index is 953. The first-order valence-electron chi connectivity index (χ1n) is 8.87. The molecule has 0 saturated carbocycles. The van der Waals surface area contributed by atoms with Gasteiger partial charge in [0.2, 0.25) is 11.9 Å². The van der Waals surface area contributed by atoms with Crippen LogP contribution in [0.2, 0.25) is 0 Å². The monoisotopic (exact) mass is 371 g/mol. The van der Waals surface area contributed by atoms with Crippen LogP contribution < -0.4 is 10.2 Å². The highest BCUT2D eigenvalue weighted by atomic mass is 19.1. The van der Waals surface area contributed by atoms with Gasteiger partial charge in [-0.1, -0.05) is 6.07 Å². The number of pyridine rings is 1. The second-order valence-corrected chi connectivity index (χ2v) is 6.71. The molecule has 1 atom stereocenters. The number of anilines is 1. The number of amides is 1. The maximum atomic E-state index is 13.3. The third-order valence-electron chi connectivity index (χ3n) is 4.76. The lowest BCUT2D eigenvalue weighted by Gasteiger charge is -2.32. The maximum Gasteiger partial charge on any atom is 0.231 e. The number of fused-ring (bicyclic) bond motifs is 1. The Kier molecular flexibility index (Phi) is 4.70. The zero-order chi connectivity index (χ0) is 18.8. The molecule has 3 aromatic rings. The van der Waals surface area contributed by atoms with E-state index in [9.17, 15) is 13.6 Å². The van der Waals surface area contributed by atoms with E-state index in [2.05, 4.69) is 20.4 Å². The number of halogens is 2.